The van der Waals surface area contributed by atoms with Crippen molar-refractivity contribution in [1.82, 2.24) is 24.8 Å². The highest BCUT2D eigenvalue weighted by atomic mass is 35.5. The highest BCUT2D eigenvalue weighted by molar-refractivity contribution is 7.99. The number of halogens is 1. The Morgan fingerprint density at radius 2 is 2.19 bits per heavy atom. The van der Waals surface area contributed by atoms with Gasteiger partial charge in [-0.1, -0.05) is 23.4 Å². The van der Waals surface area contributed by atoms with E-state index in [0.717, 1.165) is 15.6 Å². The monoisotopic (exact) mass is 392 g/mol. The molecular weight excluding hydrogens is 372 g/mol. The highest BCUT2D eigenvalue weighted by Crippen LogP contribution is 2.33. The van der Waals surface area contributed by atoms with Gasteiger partial charge < -0.3 is 20.7 Å². The van der Waals surface area contributed by atoms with Crippen molar-refractivity contribution in [2.45, 2.75) is 36.5 Å². The van der Waals surface area contributed by atoms with E-state index in [4.69, 9.17) is 22.4 Å². The van der Waals surface area contributed by atoms with Crippen molar-refractivity contribution in [1.29, 1.82) is 0 Å². The number of aryl methyl sites for hydroxylation is 1. The van der Waals surface area contributed by atoms with Crippen LogP contribution in [-0.4, -0.2) is 43.8 Å². The van der Waals surface area contributed by atoms with Crippen LogP contribution in [0.4, 0.5) is 5.82 Å². The van der Waals surface area contributed by atoms with Crippen LogP contribution >= 0.6 is 23.4 Å². The Morgan fingerprint density at radius 3 is 2.92 bits per heavy atom. The molecular formula is C17H21ClN6OS. The lowest BCUT2D eigenvalue weighted by molar-refractivity contribution is 0.250. The molecule has 1 atom stereocenters. The predicted molar refractivity (Wildman–Crippen MR) is 105 cm³/mol. The van der Waals surface area contributed by atoms with E-state index in [1.54, 1.807) is 11.8 Å². The van der Waals surface area contributed by atoms with Gasteiger partial charge in [0.2, 0.25) is 0 Å². The first-order valence-electron chi connectivity index (χ1n) is 8.24. The van der Waals surface area contributed by atoms with Crippen LogP contribution in [0.15, 0.2) is 34.6 Å². The lowest BCUT2D eigenvalue weighted by Gasteiger charge is -2.13. The number of aliphatic hydroxyl groups is 1. The van der Waals surface area contributed by atoms with Crippen molar-refractivity contribution in [3.05, 3.63) is 35.1 Å². The normalized spacial score (nSPS) is 12.6. The van der Waals surface area contributed by atoms with E-state index in [2.05, 4.69) is 20.3 Å². The first-order valence-corrected chi connectivity index (χ1v) is 9.44. The van der Waals surface area contributed by atoms with Crippen LogP contribution in [0, 0.1) is 6.92 Å². The standard InChI is InChI=1S/C17H21ClN6OS/c1-10-7-12(18)3-4-13(10)26-17-23-14-15(19)21-9-22-16(14)24(17)6-5-20-11(2)8-25/h3-4,7,9,11,20,25H,5-6,8H2,1-2H3,(H2,19,21,22). The summed E-state index contributed by atoms with van der Waals surface area (Å²) in [6, 6.07) is 5.80. The average molecular weight is 393 g/mol. The lowest BCUT2D eigenvalue weighted by atomic mass is 10.2. The fourth-order valence-corrected chi connectivity index (χ4v) is 3.73. The zero-order valence-electron chi connectivity index (χ0n) is 14.6. The summed E-state index contributed by atoms with van der Waals surface area (Å²) in [6.45, 7) is 5.35. The molecule has 0 aliphatic carbocycles. The van der Waals surface area contributed by atoms with Crippen LogP contribution in [0.5, 0.6) is 0 Å². The van der Waals surface area contributed by atoms with Gasteiger partial charge in [0.25, 0.3) is 0 Å². The Kier molecular flexibility index (Phi) is 5.98. The molecule has 0 fully saturated rings. The van der Waals surface area contributed by atoms with Gasteiger partial charge in [-0.2, -0.15) is 0 Å². The minimum absolute atomic E-state index is 0.0269. The number of imidazole rings is 1. The summed E-state index contributed by atoms with van der Waals surface area (Å²) in [5.41, 5.74) is 8.35. The molecule has 0 amide bonds. The number of nitrogens with one attached hydrogen (secondary N) is 1. The van der Waals surface area contributed by atoms with Crippen LogP contribution in [0.1, 0.15) is 12.5 Å². The molecule has 9 heteroatoms. The number of fused-ring (bicyclic) bond motifs is 1. The lowest BCUT2D eigenvalue weighted by Crippen LogP contribution is -2.32. The van der Waals surface area contributed by atoms with Gasteiger partial charge in [-0.15, -0.1) is 0 Å². The summed E-state index contributed by atoms with van der Waals surface area (Å²) in [6.07, 6.45) is 1.45. The Balaban J connectivity index is 1.94. The topological polar surface area (TPSA) is 102 Å². The molecule has 0 spiro atoms. The predicted octanol–water partition coefficient (Wildman–Crippen LogP) is 2.49. The van der Waals surface area contributed by atoms with E-state index in [0.29, 0.717) is 35.1 Å². The zero-order chi connectivity index (χ0) is 18.7. The van der Waals surface area contributed by atoms with Crippen molar-refractivity contribution in [2.75, 3.05) is 18.9 Å². The van der Waals surface area contributed by atoms with E-state index in [1.807, 2.05) is 36.6 Å². The van der Waals surface area contributed by atoms with Gasteiger partial charge in [0.05, 0.1) is 6.61 Å². The number of hydrogen-bond donors (Lipinski definition) is 3. The summed E-state index contributed by atoms with van der Waals surface area (Å²) >= 11 is 7.60. The number of nitrogens with zero attached hydrogens (tertiary/aromatic N) is 4. The van der Waals surface area contributed by atoms with E-state index in [1.165, 1.54) is 6.33 Å². The molecule has 0 aliphatic rings. The van der Waals surface area contributed by atoms with E-state index >= 15 is 0 Å². The van der Waals surface area contributed by atoms with Gasteiger partial charge in [0.1, 0.15) is 6.33 Å². The molecule has 0 bridgehead atoms. The maximum absolute atomic E-state index is 9.17. The molecule has 2 heterocycles. The second-order valence-corrected chi connectivity index (χ2v) is 7.47. The molecule has 0 aliphatic heterocycles. The van der Waals surface area contributed by atoms with E-state index in [-0.39, 0.29) is 12.6 Å². The molecule has 1 unspecified atom stereocenters. The fraction of sp³-hybridized carbons (Fsp3) is 0.353. The maximum Gasteiger partial charge on any atom is 0.175 e. The van der Waals surface area contributed by atoms with Gasteiger partial charge in [0.15, 0.2) is 22.1 Å². The number of anilines is 1. The summed E-state index contributed by atoms with van der Waals surface area (Å²) in [4.78, 5) is 14.1. The van der Waals surface area contributed by atoms with Gasteiger partial charge in [0, 0.05) is 29.0 Å². The first-order chi connectivity index (χ1) is 12.5. The molecule has 0 saturated carbocycles. The Labute approximate surface area is 161 Å². The molecule has 3 rings (SSSR count). The molecule has 138 valence electrons. The number of aliphatic hydroxyl groups excluding tert-OH is 1. The average Bonchev–Trinajstić information content (AvgIpc) is 2.96. The number of nitrogen functional groups attached to an aromatic ring is 1. The van der Waals surface area contributed by atoms with Crippen molar-refractivity contribution >= 4 is 40.3 Å². The van der Waals surface area contributed by atoms with Crippen LogP contribution in [0.2, 0.25) is 5.02 Å². The summed E-state index contributed by atoms with van der Waals surface area (Å²) in [7, 11) is 0. The smallest absolute Gasteiger partial charge is 0.175 e. The van der Waals surface area contributed by atoms with Crippen LogP contribution < -0.4 is 11.1 Å². The molecule has 1 aromatic carbocycles. The van der Waals surface area contributed by atoms with Gasteiger partial charge in [-0.3, -0.25) is 0 Å². The van der Waals surface area contributed by atoms with Crippen molar-refractivity contribution in [2.24, 2.45) is 0 Å². The quantitative estimate of drug-likeness (QED) is 0.567. The molecule has 2 aromatic heterocycles. The largest absolute Gasteiger partial charge is 0.395 e. The molecule has 26 heavy (non-hydrogen) atoms. The Hall–Kier alpha value is -1.87. The van der Waals surface area contributed by atoms with E-state index < -0.39 is 0 Å². The van der Waals surface area contributed by atoms with Crippen LogP contribution in [0.25, 0.3) is 11.2 Å². The molecule has 3 aromatic rings. The minimum Gasteiger partial charge on any atom is -0.395 e. The van der Waals surface area contributed by atoms with Crippen LogP contribution in [-0.2, 0) is 6.54 Å². The Morgan fingerprint density at radius 1 is 1.38 bits per heavy atom. The minimum atomic E-state index is 0.0269. The summed E-state index contributed by atoms with van der Waals surface area (Å²) < 4.78 is 2.02. The van der Waals surface area contributed by atoms with Gasteiger partial charge in [-0.25, -0.2) is 15.0 Å². The Bertz CT molecular complexity index is 916. The van der Waals surface area contributed by atoms with Gasteiger partial charge in [-0.05, 0) is 37.6 Å². The van der Waals surface area contributed by atoms with Gasteiger partial charge >= 0.3 is 0 Å². The van der Waals surface area contributed by atoms with Crippen molar-refractivity contribution < 1.29 is 5.11 Å². The molecule has 7 nitrogen and oxygen atoms in total. The first kappa shape index (κ1) is 18.9. The second kappa shape index (κ2) is 8.22. The maximum atomic E-state index is 9.17. The second-order valence-electron chi connectivity index (χ2n) is 6.03. The van der Waals surface area contributed by atoms with Crippen LogP contribution in [0.3, 0.4) is 0 Å². The number of benzene rings is 1. The third-order valence-electron chi connectivity index (χ3n) is 3.97. The third kappa shape index (κ3) is 4.09. The third-order valence-corrected chi connectivity index (χ3v) is 5.37. The number of aromatic nitrogens is 4. The SMILES string of the molecule is Cc1cc(Cl)ccc1Sc1nc2c(N)ncnc2n1CCNC(C)CO. The number of nitrogens with two attached hydrogens (primary N) is 1. The number of rotatable bonds is 7. The van der Waals surface area contributed by atoms with Crippen molar-refractivity contribution in [3.63, 3.8) is 0 Å². The number of hydrogen-bond acceptors (Lipinski definition) is 7. The molecule has 0 radical (unpaired) electrons. The summed E-state index contributed by atoms with van der Waals surface area (Å²) in [5.74, 6) is 0.361. The zero-order valence-corrected chi connectivity index (χ0v) is 16.2. The highest BCUT2D eigenvalue weighted by Gasteiger charge is 2.16. The summed E-state index contributed by atoms with van der Waals surface area (Å²) in [5, 5.41) is 13.9. The van der Waals surface area contributed by atoms with E-state index in [9.17, 15) is 0 Å². The van der Waals surface area contributed by atoms with Crippen molar-refractivity contribution in [3.8, 4) is 0 Å². The molecule has 0 saturated heterocycles. The fourth-order valence-electron chi connectivity index (χ4n) is 2.53. The molecule has 4 N–H and O–H groups in total.